The van der Waals surface area contributed by atoms with E-state index in [1.165, 1.54) is 31.2 Å². The maximum Gasteiger partial charge on any atom is 0.255 e. The van der Waals surface area contributed by atoms with Gasteiger partial charge in [0.25, 0.3) is 5.91 Å². The van der Waals surface area contributed by atoms with Crippen molar-refractivity contribution >= 4 is 33.2 Å². The van der Waals surface area contributed by atoms with Crippen LogP contribution in [0.15, 0.2) is 53.4 Å². The zero-order valence-corrected chi connectivity index (χ0v) is 16.3. The molecule has 0 saturated carbocycles. The molecular formula is C19H23N3O4S. The summed E-state index contributed by atoms with van der Waals surface area (Å²) in [5, 5.41) is 5.33. The van der Waals surface area contributed by atoms with Crippen LogP contribution in [0.1, 0.15) is 37.6 Å². The van der Waals surface area contributed by atoms with Gasteiger partial charge in [-0.2, -0.15) is 0 Å². The molecule has 0 aliphatic heterocycles. The third-order valence-corrected chi connectivity index (χ3v) is 5.40. The van der Waals surface area contributed by atoms with Crippen LogP contribution in [0.25, 0.3) is 0 Å². The highest BCUT2D eigenvalue weighted by Crippen LogP contribution is 2.18. The molecule has 1 unspecified atom stereocenters. The molecule has 0 fully saturated rings. The quantitative estimate of drug-likeness (QED) is 0.677. The van der Waals surface area contributed by atoms with E-state index >= 15 is 0 Å². The summed E-state index contributed by atoms with van der Waals surface area (Å²) in [5.74, 6) is -0.666. The third kappa shape index (κ3) is 5.90. The van der Waals surface area contributed by atoms with Crippen molar-refractivity contribution < 1.29 is 18.0 Å². The molecule has 0 saturated heterocycles. The molecule has 3 N–H and O–H groups in total. The van der Waals surface area contributed by atoms with Crippen molar-refractivity contribution in [2.24, 2.45) is 0 Å². The van der Waals surface area contributed by atoms with Crippen LogP contribution in [0.4, 0.5) is 11.4 Å². The third-order valence-electron chi connectivity index (χ3n) is 3.82. The van der Waals surface area contributed by atoms with Gasteiger partial charge in [-0.3, -0.25) is 9.59 Å². The molecule has 2 aromatic rings. The van der Waals surface area contributed by atoms with Crippen molar-refractivity contribution in [1.29, 1.82) is 0 Å². The van der Waals surface area contributed by atoms with Gasteiger partial charge in [0, 0.05) is 29.9 Å². The lowest BCUT2D eigenvalue weighted by molar-refractivity contribution is -0.114. The molecule has 2 amide bonds. The second-order valence-electron chi connectivity index (χ2n) is 6.17. The van der Waals surface area contributed by atoms with Crippen LogP contribution in [-0.4, -0.2) is 26.3 Å². The summed E-state index contributed by atoms with van der Waals surface area (Å²) in [5.41, 5.74) is 1.25. The van der Waals surface area contributed by atoms with Crippen molar-refractivity contribution in [3.05, 3.63) is 54.1 Å². The molecule has 0 aromatic heterocycles. The van der Waals surface area contributed by atoms with Crippen molar-refractivity contribution in [3.63, 3.8) is 0 Å². The maximum atomic E-state index is 12.5. The predicted molar refractivity (Wildman–Crippen MR) is 105 cm³/mol. The number of amides is 2. The van der Waals surface area contributed by atoms with E-state index in [9.17, 15) is 18.0 Å². The zero-order valence-electron chi connectivity index (χ0n) is 15.4. The summed E-state index contributed by atoms with van der Waals surface area (Å²) >= 11 is 0. The van der Waals surface area contributed by atoms with Crippen LogP contribution in [0, 0.1) is 0 Å². The molecule has 2 rings (SSSR count). The summed E-state index contributed by atoms with van der Waals surface area (Å²) in [6, 6.07) is 12.3. The van der Waals surface area contributed by atoms with E-state index in [4.69, 9.17) is 0 Å². The Labute approximate surface area is 159 Å². The molecule has 2 aromatic carbocycles. The van der Waals surface area contributed by atoms with Gasteiger partial charge in [-0.05, 0) is 49.7 Å². The van der Waals surface area contributed by atoms with Gasteiger partial charge in [0.15, 0.2) is 0 Å². The topological polar surface area (TPSA) is 104 Å². The summed E-state index contributed by atoms with van der Waals surface area (Å²) in [6.45, 7) is 5.05. The highest BCUT2D eigenvalue weighted by Gasteiger charge is 2.18. The average Bonchev–Trinajstić information content (AvgIpc) is 2.61. The van der Waals surface area contributed by atoms with Crippen LogP contribution in [0.3, 0.4) is 0 Å². The Kier molecular flexibility index (Phi) is 6.70. The minimum absolute atomic E-state index is 0.0300. The number of hydrogen-bond donors (Lipinski definition) is 3. The van der Waals surface area contributed by atoms with E-state index in [1.807, 2.05) is 6.92 Å². The highest BCUT2D eigenvalue weighted by atomic mass is 32.2. The largest absolute Gasteiger partial charge is 0.326 e. The number of nitrogens with one attached hydrogen (secondary N) is 3. The summed E-state index contributed by atoms with van der Waals surface area (Å²) < 4.78 is 27.4. The summed E-state index contributed by atoms with van der Waals surface area (Å²) in [7, 11) is -3.70. The number of carbonyl (C=O) groups is 2. The number of benzene rings is 2. The van der Waals surface area contributed by atoms with E-state index in [-0.39, 0.29) is 22.4 Å². The average molecular weight is 389 g/mol. The predicted octanol–water partition coefficient (Wildman–Crippen LogP) is 2.97. The first kappa shape index (κ1) is 20.6. The van der Waals surface area contributed by atoms with E-state index in [1.54, 1.807) is 31.2 Å². The van der Waals surface area contributed by atoms with E-state index in [0.29, 0.717) is 17.8 Å². The molecule has 1 atom stereocenters. The van der Waals surface area contributed by atoms with E-state index < -0.39 is 15.9 Å². The Bertz CT molecular complexity index is 941. The first-order chi connectivity index (χ1) is 12.7. The highest BCUT2D eigenvalue weighted by molar-refractivity contribution is 7.89. The van der Waals surface area contributed by atoms with Crippen LogP contribution in [0.2, 0.25) is 0 Å². The van der Waals surface area contributed by atoms with Crippen LogP contribution >= 0.6 is 0 Å². The van der Waals surface area contributed by atoms with E-state index in [2.05, 4.69) is 15.4 Å². The molecule has 8 heteroatoms. The zero-order chi connectivity index (χ0) is 20.0. The molecule has 0 bridgehead atoms. The van der Waals surface area contributed by atoms with Gasteiger partial charge in [-0.15, -0.1) is 0 Å². The normalized spacial score (nSPS) is 12.3. The number of rotatable bonds is 7. The minimum Gasteiger partial charge on any atom is -0.326 e. The molecular weight excluding hydrogens is 366 g/mol. The van der Waals surface area contributed by atoms with Gasteiger partial charge in [-0.25, -0.2) is 13.1 Å². The lowest BCUT2D eigenvalue weighted by Gasteiger charge is -2.13. The first-order valence-corrected chi connectivity index (χ1v) is 10.0. The Hall–Kier alpha value is -2.71. The van der Waals surface area contributed by atoms with Crippen LogP contribution < -0.4 is 15.4 Å². The van der Waals surface area contributed by atoms with Crippen LogP contribution in [0.5, 0.6) is 0 Å². The smallest absolute Gasteiger partial charge is 0.255 e. The van der Waals surface area contributed by atoms with Gasteiger partial charge in [0.2, 0.25) is 15.9 Å². The molecule has 7 nitrogen and oxygen atoms in total. The van der Waals surface area contributed by atoms with Crippen molar-refractivity contribution in [3.8, 4) is 0 Å². The van der Waals surface area contributed by atoms with Gasteiger partial charge < -0.3 is 10.6 Å². The molecule has 27 heavy (non-hydrogen) atoms. The summed E-state index contributed by atoms with van der Waals surface area (Å²) in [6.07, 6.45) is 0.657. The molecule has 0 aliphatic carbocycles. The van der Waals surface area contributed by atoms with Crippen LogP contribution in [-0.2, 0) is 14.8 Å². The van der Waals surface area contributed by atoms with Gasteiger partial charge in [0.1, 0.15) is 0 Å². The Morgan fingerprint density at radius 3 is 2.26 bits per heavy atom. The van der Waals surface area contributed by atoms with Gasteiger partial charge in [0.05, 0.1) is 4.90 Å². The number of sulfonamides is 1. The minimum atomic E-state index is -3.70. The Balaban J connectivity index is 2.19. The first-order valence-electron chi connectivity index (χ1n) is 8.52. The maximum absolute atomic E-state index is 12.5. The standard InChI is InChI=1S/C19H23N3O4S/c1-4-13(2)22-27(25,26)18-10-5-7-15(11-18)19(24)21-17-9-6-8-16(12-17)20-14(3)23/h5-13,22H,4H2,1-3H3,(H,20,23)(H,21,24). The molecule has 144 valence electrons. The number of anilines is 2. The second-order valence-corrected chi connectivity index (χ2v) is 7.89. The Morgan fingerprint density at radius 2 is 1.63 bits per heavy atom. The molecule has 0 aliphatic rings. The van der Waals surface area contributed by atoms with Gasteiger partial charge >= 0.3 is 0 Å². The number of carbonyl (C=O) groups excluding carboxylic acids is 2. The monoisotopic (exact) mass is 389 g/mol. The SMILES string of the molecule is CCC(C)NS(=O)(=O)c1cccc(C(=O)Nc2cccc(NC(C)=O)c2)c1. The molecule has 0 heterocycles. The fourth-order valence-corrected chi connectivity index (χ4v) is 3.67. The van der Waals surface area contributed by atoms with Crippen molar-refractivity contribution in [1.82, 2.24) is 4.72 Å². The molecule has 0 radical (unpaired) electrons. The lowest BCUT2D eigenvalue weighted by atomic mass is 10.2. The number of hydrogen-bond acceptors (Lipinski definition) is 4. The van der Waals surface area contributed by atoms with Gasteiger partial charge in [-0.1, -0.05) is 19.1 Å². The summed E-state index contributed by atoms with van der Waals surface area (Å²) in [4.78, 5) is 23.7. The molecule has 0 spiro atoms. The lowest BCUT2D eigenvalue weighted by Crippen LogP contribution is -2.32. The Morgan fingerprint density at radius 1 is 1.00 bits per heavy atom. The van der Waals surface area contributed by atoms with Crippen molar-refractivity contribution in [2.75, 3.05) is 10.6 Å². The van der Waals surface area contributed by atoms with Crippen molar-refractivity contribution in [2.45, 2.75) is 38.1 Å². The fraction of sp³-hybridized carbons (Fsp3) is 0.263. The van der Waals surface area contributed by atoms with E-state index in [0.717, 1.165) is 0 Å². The second kappa shape index (κ2) is 8.79. The fourth-order valence-electron chi connectivity index (χ4n) is 2.30.